The van der Waals surface area contributed by atoms with E-state index in [9.17, 15) is 9.59 Å². The second-order valence-electron chi connectivity index (χ2n) is 4.34. The molecule has 0 saturated heterocycles. The Morgan fingerprint density at radius 1 is 0.905 bits per heavy atom. The zero-order valence-corrected chi connectivity index (χ0v) is 12.6. The summed E-state index contributed by atoms with van der Waals surface area (Å²) in [6, 6.07) is 11.4. The Balaban J connectivity index is 2.15. The van der Waals surface area contributed by atoms with Crippen molar-refractivity contribution < 1.29 is 9.59 Å². The van der Waals surface area contributed by atoms with E-state index in [0.717, 1.165) is 0 Å². The van der Waals surface area contributed by atoms with Crippen molar-refractivity contribution in [3.8, 4) is 0 Å². The minimum absolute atomic E-state index is 0.204. The average Bonchev–Trinajstić information content (AvgIpc) is 2.40. The van der Waals surface area contributed by atoms with Crippen LogP contribution in [0.25, 0.3) is 0 Å². The molecule has 0 aromatic heterocycles. The average molecular weight is 323 g/mol. The van der Waals surface area contributed by atoms with Gasteiger partial charge >= 0.3 is 0 Å². The molecule has 0 atom stereocenters. The lowest BCUT2D eigenvalue weighted by molar-refractivity contribution is -0.114. The molecule has 2 N–H and O–H groups in total. The van der Waals surface area contributed by atoms with Crippen molar-refractivity contribution in [3.63, 3.8) is 0 Å². The van der Waals surface area contributed by atoms with Crippen LogP contribution >= 0.6 is 23.2 Å². The zero-order valence-electron chi connectivity index (χ0n) is 11.1. The van der Waals surface area contributed by atoms with Crippen LogP contribution in [0.4, 0.5) is 11.4 Å². The third-order valence-corrected chi connectivity index (χ3v) is 3.20. The van der Waals surface area contributed by atoms with Crippen LogP contribution in [0, 0.1) is 0 Å². The van der Waals surface area contributed by atoms with Crippen molar-refractivity contribution in [1.29, 1.82) is 0 Å². The van der Waals surface area contributed by atoms with Gasteiger partial charge in [0.25, 0.3) is 5.91 Å². The first-order valence-electron chi connectivity index (χ1n) is 6.10. The van der Waals surface area contributed by atoms with Crippen LogP contribution < -0.4 is 10.6 Å². The topological polar surface area (TPSA) is 58.2 Å². The highest BCUT2D eigenvalue weighted by molar-refractivity contribution is 6.34. The molecule has 0 aliphatic rings. The number of halogens is 2. The van der Waals surface area contributed by atoms with E-state index in [4.69, 9.17) is 23.2 Å². The Hall–Kier alpha value is -2.04. The zero-order chi connectivity index (χ0) is 15.4. The molecule has 0 radical (unpaired) electrons. The fourth-order valence-electron chi connectivity index (χ4n) is 1.71. The molecule has 108 valence electrons. The van der Waals surface area contributed by atoms with Crippen molar-refractivity contribution in [2.45, 2.75) is 6.92 Å². The van der Waals surface area contributed by atoms with Gasteiger partial charge in [0.1, 0.15) is 0 Å². The summed E-state index contributed by atoms with van der Waals surface area (Å²) in [7, 11) is 0. The Bertz CT molecular complexity index is 685. The number of carbonyl (C=O) groups excluding carboxylic acids is 2. The lowest BCUT2D eigenvalue weighted by atomic mass is 10.2. The second kappa shape index (κ2) is 6.61. The highest BCUT2D eigenvalue weighted by Crippen LogP contribution is 2.22. The molecule has 0 spiro atoms. The number of benzene rings is 2. The summed E-state index contributed by atoms with van der Waals surface area (Å²) < 4.78 is 0. The normalized spacial score (nSPS) is 10.0. The minimum Gasteiger partial charge on any atom is -0.326 e. The summed E-state index contributed by atoms with van der Waals surface area (Å²) in [5.74, 6) is -0.541. The summed E-state index contributed by atoms with van der Waals surface area (Å²) in [4.78, 5) is 23.1. The van der Waals surface area contributed by atoms with Crippen LogP contribution in [-0.4, -0.2) is 11.8 Å². The minimum atomic E-state index is -0.336. The van der Waals surface area contributed by atoms with Gasteiger partial charge in [-0.25, -0.2) is 0 Å². The van der Waals surface area contributed by atoms with E-state index in [1.807, 2.05) is 0 Å². The van der Waals surface area contributed by atoms with E-state index in [2.05, 4.69) is 10.6 Å². The molecule has 6 heteroatoms. The molecule has 4 nitrogen and oxygen atoms in total. The maximum absolute atomic E-state index is 12.1. The van der Waals surface area contributed by atoms with E-state index in [-0.39, 0.29) is 16.8 Å². The number of nitrogens with one attached hydrogen (secondary N) is 2. The fourth-order valence-corrected chi connectivity index (χ4v) is 2.10. The van der Waals surface area contributed by atoms with Gasteiger partial charge in [-0.15, -0.1) is 0 Å². The molecule has 0 heterocycles. The molecule has 0 saturated carbocycles. The Morgan fingerprint density at radius 3 is 2.10 bits per heavy atom. The van der Waals surface area contributed by atoms with Crippen LogP contribution in [0.15, 0.2) is 42.5 Å². The van der Waals surface area contributed by atoms with E-state index in [0.29, 0.717) is 22.0 Å². The molecule has 2 aromatic rings. The Kier molecular flexibility index (Phi) is 4.83. The summed E-state index contributed by atoms with van der Waals surface area (Å²) in [6.45, 7) is 1.40. The summed E-state index contributed by atoms with van der Waals surface area (Å²) in [5, 5.41) is 6.16. The molecule has 2 aromatic carbocycles. The van der Waals surface area contributed by atoms with Crippen LogP contribution in [0.2, 0.25) is 10.0 Å². The highest BCUT2D eigenvalue weighted by atomic mass is 35.5. The maximum atomic E-state index is 12.1. The first kappa shape index (κ1) is 15.4. The number of amides is 2. The molecule has 2 rings (SSSR count). The number of carbonyl (C=O) groups is 2. The first-order valence-corrected chi connectivity index (χ1v) is 6.85. The van der Waals surface area contributed by atoms with E-state index in [1.54, 1.807) is 36.4 Å². The van der Waals surface area contributed by atoms with Crippen LogP contribution in [0.3, 0.4) is 0 Å². The molecule has 21 heavy (non-hydrogen) atoms. The van der Waals surface area contributed by atoms with Crippen molar-refractivity contribution >= 4 is 46.4 Å². The Labute approximate surface area is 132 Å². The summed E-state index contributed by atoms with van der Waals surface area (Å²) in [5.41, 5.74) is 1.47. The van der Waals surface area contributed by atoms with Gasteiger partial charge in [-0.2, -0.15) is 0 Å². The molecule has 0 aliphatic heterocycles. The largest absolute Gasteiger partial charge is 0.326 e. The monoisotopic (exact) mass is 322 g/mol. The van der Waals surface area contributed by atoms with Gasteiger partial charge in [-0.1, -0.05) is 23.2 Å². The lowest BCUT2D eigenvalue weighted by Crippen LogP contribution is -2.13. The third kappa shape index (κ3) is 4.21. The van der Waals surface area contributed by atoms with Crippen molar-refractivity contribution in [2.75, 3.05) is 10.6 Å². The van der Waals surface area contributed by atoms with Gasteiger partial charge in [-0.3, -0.25) is 9.59 Å². The molecule has 2 amide bonds. The predicted octanol–water partition coefficient (Wildman–Crippen LogP) is 4.20. The summed E-state index contributed by atoms with van der Waals surface area (Å²) in [6.07, 6.45) is 0. The van der Waals surface area contributed by atoms with E-state index in [1.165, 1.54) is 13.0 Å². The van der Waals surface area contributed by atoms with Gasteiger partial charge in [0.15, 0.2) is 0 Å². The maximum Gasteiger partial charge on any atom is 0.257 e. The van der Waals surface area contributed by atoms with Crippen molar-refractivity contribution in [2.24, 2.45) is 0 Å². The quantitative estimate of drug-likeness (QED) is 0.889. The first-order chi connectivity index (χ1) is 9.95. The van der Waals surface area contributed by atoms with Gasteiger partial charge in [0, 0.05) is 23.3 Å². The smallest absolute Gasteiger partial charge is 0.257 e. The fraction of sp³-hybridized carbons (Fsp3) is 0.0667. The van der Waals surface area contributed by atoms with E-state index < -0.39 is 0 Å². The van der Waals surface area contributed by atoms with Crippen molar-refractivity contribution in [3.05, 3.63) is 58.1 Å². The predicted molar refractivity (Wildman–Crippen MR) is 85.2 cm³/mol. The molecule has 0 fully saturated rings. The molecule has 0 aliphatic carbocycles. The van der Waals surface area contributed by atoms with E-state index >= 15 is 0 Å². The molecule has 0 bridgehead atoms. The summed E-state index contributed by atoms with van der Waals surface area (Å²) >= 11 is 11.8. The lowest BCUT2D eigenvalue weighted by Gasteiger charge is -2.09. The van der Waals surface area contributed by atoms with Gasteiger partial charge in [0.2, 0.25) is 5.91 Å². The second-order valence-corrected chi connectivity index (χ2v) is 5.18. The van der Waals surface area contributed by atoms with Crippen molar-refractivity contribution in [1.82, 2.24) is 0 Å². The van der Waals surface area contributed by atoms with Gasteiger partial charge in [-0.05, 0) is 42.5 Å². The molecular formula is C15H12Cl2N2O2. The van der Waals surface area contributed by atoms with Gasteiger partial charge in [0.05, 0.1) is 10.6 Å². The van der Waals surface area contributed by atoms with Crippen LogP contribution in [-0.2, 0) is 4.79 Å². The number of hydrogen-bond donors (Lipinski definition) is 2. The highest BCUT2D eigenvalue weighted by Gasteiger charge is 2.11. The molecule has 0 unspecified atom stereocenters. The van der Waals surface area contributed by atoms with Crippen LogP contribution in [0.5, 0.6) is 0 Å². The third-order valence-electron chi connectivity index (χ3n) is 2.64. The Morgan fingerprint density at radius 2 is 1.52 bits per heavy atom. The number of hydrogen-bond acceptors (Lipinski definition) is 2. The van der Waals surface area contributed by atoms with Crippen LogP contribution in [0.1, 0.15) is 17.3 Å². The van der Waals surface area contributed by atoms with Gasteiger partial charge < -0.3 is 10.6 Å². The molecular weight excluding hydrogens is 311 g/mol. The standard InChI is InChI=1S/C15H12Cl2N2O2/c1-9(20)18-12-6-7-13(14(17)8-12)15(21)19-11-4-2-10(16)3-5-11/h2-8H,1H3,(H,18,20)(H,19,21). The SMILES string of the molecule is CC(=O)Nc1ccc(C(=O)Nc2ccc(Cl)cc2)c(Cl)c1. The number of rotatable bonds is 3. The number of anilines is 2.